The number of nitrogens with zero attached hydrogens (tertiary/aromatic N) is 4. The fraction of sp³-hybridized carbons (Fsp3) is 0.625. The van der Waals surface area contributed by atoms with Gasteiger partial charge in [0.1, 0.15) is 0 Å². The van der Waals surface area contributed by atoms with Gasteiger partial charge in [0, 0.05) is 31.5 Å². The molecule has 23 heavy (non-hydrogen) atoms. The largest absolute Gasteiger partial charge is 0.351 e. The predicted molar refractivity (Wildman–Crippen MR) is 82.0 cm³/mol. The summed E-state index contributed by atoms with van der Waals surface area (Å²) in [7, 11) is 0. The summed E-state index contributed by atoms with van der Waals surface area (Å²) in [5, 5.41) is 7.81. The maximum absolute atomic E-state index is 12.3. The molecule has 1 aliphatic heterocycles. The van der Waals surface area contributed by atoms with Gasteiger partial charge in [0.25, 0.3) is 5.91 Å². The number of rotatable bonds is 5. The molecule has 0 spiro atoms. The van der Waals surface area contributed by atoms with Crippen molar-refractivity contribution in [3.8, 4) is 0 Å². The summed E-state index contributed by atoms with van der Waals surface area (Å²) in [6.45, 7) is 5.27. The van der Waals surface area contributed by atoms with Crippen LogP contribution in [0.2, 0.25) is 0 Å². The second-order valence-corrected chi connectivity index (χ2v) is 6.05. The third-order valence-electron chi connectivity index (χ3n) is 4.21. The van der Waals surface area contributed by atoms with E-state index in [0.29, 0.717) is 30.4 Å². The van der Waals surface area contributed by atoms with Gasteiger partial charge in [0.2, 0.25) is 11.7 Å². The molecule has 0 saturated carbocycles. The molecule has 0 unspecified atom stereocenters. The lowest BCUT2D eigenvalue weighted by molar-refractivity contribution is 0.0662. The van der Waals surface area contributed by atoms with Gasteiger partial charge in [0.05, 0.1) is 5.69 Å². The monoisotopic (exact) mass is 318 g/mol. The molecule has 1 saturated heterocycles. The van der Waals surface area contributed by atoms with Crippen LogP contribution < -0.4 is 0 Å². The summed E-state index contributed by atoms with van der Waals surface area (Å²) in [5.41, 5.74) is 0.716. The van der Waals surface area contributed by atoms with Crippen molar-refractivity contribution in [2.24, 2.45) is 0 Å². The standard InChI is InChI=1S/C16H22N4O3/c1-3-4-5-14-17-15(23-19-14)12-6-8-20(9-7-12)16(21)13-10-11(2)18-22-13/h10,12H,3-9H2,1-2H3. The first-order valence-corrected chi connectivity index (χ1v) is 8.22. The molecule has 0 atom stereocenters. The van der Waals surface area contributed by atoms with Crippen molar-refractivity contribution in [2.75, 3.05) is 13.1 Å². The second kappa shape index (κ2) is 6.93. The molecular formula is C16H22N4O3. The van der Waals surface area contributed by atoms with Crippen LogP contribution in [0.4, 0.5) is 0 Å². The number of hydrogen-bond acceptors (Lipinski definition) is 6. The van der Waals surface area contributed by atoms with Crippen molar-refractivity contribution in [1.29, 1.82) is 0 Å². The number of carbonyl (C=O) groups excluding carboxylic acids is 1. The van der Waals surface area contributed by atoms with E-state index in [4.69, 9.17) is 9.05 Å². The Hall–Kier alpha value is -2.18. The third-order valence-corrected chi connectivity index (χ3v) is 4.21. The van der Waals surface area contributed by atoms with Crippen LogP contribution in [0.25, 0.3) is 0 Å². The Bertz CT molecular complexity index is 656. The van der Waals surface area contributed by atoms with E-state index >= 15 is 0 Å². The highest BCUT2D eigenvalue weighted by molar-refractivity contribution is 5.91. The molecule has 0 bridgehead atoms. The first kappa shape index (κ1) is 15.7. The molecule has 0 N–H and O–H groups in total. The van der Waals surface area contributed by atoms with Gasteiger partial charge in [-0.05, 0) is 26.2 Å². The zero-order valence-corrected chi connectivity index (χ0v) is 13.6. The molecule has 1 aliphatic rings. The molecule has 124 valence electrons. The fourth-order valence-electron chi connectivity index (χ4n) is 2.82. The van der Waals surface area contributed by atoms with Crippen LogP contribution in [-0.2, 0) is 6.42 Å². The third kappa shape index (κ3) is 3.60. The first-order chi connectivity index (χ1) is 11.2. The molecule has 0 radical (unpaired) electrons. The van der Waals surface area contributed by atoms with Crippen LogP contribution in [0.15, 0.2) is 15.1 Å². The quantitative estimate of drug-likeness (QED) is 0.842. The number of aromatic nitrogens is 3. The average molecular weight is 318 g/mol. The number of amides is 1. The highest BCUT2D eigenvalue weighted by atomic mass is 16.5. The van der Waals surface area contributed by atoms with Crippen LogP contribution in [-0.4, -0.2) is 39.2 Å². The van der Waals surface area contributed by atoms with Crippen molar-refractivity contribution in [2.45, 2.75) is 51.9 Å². The van der Waals surface area contributed by atoms with Gasteiger partial charge in [-0.3, -0.25) is 4.79 Å². The van der Waals surface area contributed by atoms with Crippen LogP contribution in [0.1, 0.15) is 66.5 Å². The summed E-state index contributed by atoms with van der Waals surface area (Å²) in [6, 6.07) is 1.67. The van der Waals surface area contributed by atoms with Gasteiger partial charge in [-0.25, -0.2) is 0 Å². The number of aryl methyl sites for hydroxylation is 2. The second-order valence-electron chi connectivity index (χ2n) is 6.05. The SMILES string of the molecule is CCCCc1noc(C2CCN(C(=O)c3cc(C)no3)CC2)n1. The van der Waals surface area contributed by atoms with Crippen molar-refractivity contribution >= 4 is 5.91 Å². The molecule has 7 heteroatoms. The Kier molecular flexibility index (Phi) is 4.73. The zero-order valence-electron chi connectivity index (χ0n) is 13.6. The van der Waals surface area contributed by atoms with Gasteiger partial charge in [-0.2, -0.15) is 4.98 Å². The van der Waals surface area contributed by atoms with Gasteiger partial charge in [-0.1, -0.05) is 23.7 Å². The molecule has 7 nitrogen and oxygen atoms in total. The maximum atomic E-state index is 12.3. The number of hydrogen-bond donors (Lipinski definition) is 0. The minimum absolute atomic E-state index is 0.0989. The zero-order chi connectivity index (χ0) is 16.2. The lowest BCUT2D eigenvalue weighted by atomic mass is 9.96. The highest BCUT2D eigenvalue weighted by Crippen LogP contribution is 2.27. The van der Waals surface area contributed by atoms with Gasteiger partial charge < -0.3 is 13.9 Å². The summed E-state index contributed by atoms with van der Waals surface area (Å²) in [6.07, 6.45) is 4.71. The molecule has 3 heterocycles. The molecule has 2 aromatic heterocycles. The Labute approximate surface area is 135 Å². The van der Waals surface area contributed by atoms with E-state index in [9.17, 15) is 4.79 Å². The van der Waals surface area contributed by atoms with E-state index in [1.165, 1.54) is 0 Å². The lowest BCUT2D eigenvalue weighted by Gasteiger charge is -2.29. The van der Waals surface area contributed by atoms with Crippen molar-refractivity contribution in [3.63, 3.8) is 0 Å². The van der Waals surface area contributed by atoms with E-state index in [-0.39, 0.29) is 11.8 Å². The van der Waals surface area contributed by atoms with E-state index in [2.05, 4.69) is 22.2 Å². The van der Waals surface area contributed by atoms with E-state index < -0.39 is 0 Å². The van der Waals surface area contributed by atoms with Crippen LogP contribution in [0, 0.1) is 6.92 Å². The highest BCUT2D eigenvalue weighted by Gasteiger charge is 2.29. The van der Waals surface area contributed by atoms with Crippen molar-refractivity contribution in [1.82, 2.24) is 20.2 Å². The number of likely N-dealkylation sites (tertiary alicyclic amines) is 1. The number of unbranched alkanes of at least 4 members (excludes halogenated alkanes) is 1. The predicted octanol–water partition coefficient (Wildman–Crippen LogP) is 2.73. The topological polar surface area (TPSA) is 85.3 Å². The van der Waals surface area contributed by atoms with Gasteiger partial charge in [-0.15, -0.1) is 0 Å². The summed E-state index contributed by atoms with van der Waals surface area (Å²) in [5.74, 6) is 1.94. The number of carbonyl (C=O) groups is 1. The minimum atomic E-state index is -0.0989. The smallest absolute Gasteiger partial charge is 0.292 e. The molecule has 3 rings (SSSR count). The van der Waals surface area contributed by atoms with Crippen molar-refractivity contribution in [3.05, 3.63) is 29.2 Å². The maximum Gasteiger partial charge on any atom is 0.292 e. The van der Waals surface area contributed by atoms with Crippen molar-refractivity contribution < 1.29 is 13.8 Å². The normalized spacial score (nSPS) is 16.0. The van der Waals surface area contributed by atoms with Crippen LogP contribution in [0.5, 0.6) is 0 Å². The summed E-state index contributed by atoms with van der Waals surface area (Å²) >= 11 is 0. The van der Waals surface area contributed by atoms with E-state index in [1.807, 2.05) is 0 Å². The Morgan fingerprint density at radius 3 is 2.74 bits per heavy atom. The van der Waals surface area contributed by atoms with E-state index in [1.54, 1.807) is 17.9 Å². The number of piperidine rings is 1. The fourth-order valence-corrected chi connectivity index (χ4v) is 2.82. The van der Waals surface area contributed by atoms with Gasteiger partial charge in [0.15, 0.2) is 5.82 Å². The molecule has 0 aromatic carbocycles. The van der Waals surface area contributed by atoms with Crippen LogP contribution >= 0.6 is 0 Å². The molecule has 0 aliphatic carbocycles. The lowest BCUT2D eigenvalue weighted by Crippen LogP contribution is -2.37. The average Bonchev–Trinajstić information content (AvgIpc) is 3.21. The minimum Gasteiger partial charge on any atom is -0.351 e. The van der Waals surface area contributed by atoms with Crippen LogP contribution in [0.3, 0.4) is 0 Å². The Morgan fingerprint density at radius 1 is 1.30 bits per heavy atom. The Balaban J connectivity index is 1.55. The summed E-state index contributed by atoms with van der Waals surface area (Å²) < 4.78 is 10.4. The molecule has 1 fully saturated rings. The molecular weight excluding hydrogens is 296 g/mol. The Morgan fingerprint density at radius 2 is 2.09 bits per heavy atom. The molecule has 1 amide bonds. The first-order valence-electron chi connectivity index (χ1n) is 8.22. The summed E-state index contributed by atoms with van der Waals surface area (Å²) in [4.78, 5) is 18.6. The van der Waals surface area contributed by atoms with E-state index in [0.717, 1.165) is 37.9 Å². The van der Waals surface area contributed by atoms with Gasteiger partial charge >= 0.3 is 0 Å². The molecule has 2 aromatic rings.